The summed E-state index contributed by atoms with van der Waals surface area (Å²) in [5, 5.41) is 17.9. The third-order valence-electron chi connectivity index (χ3n) is 2.26. The maximum atomic E-state index is 10.7. The maximum Gasteiger partial charge on any atom is 0.330 e. The van der Waals surface area contributed by atoms with Crippen molar-refractivity contribution in [3.8, 4) is 0 Å². The zero-order valence-corrected chi connectivity index (χ0v) is 9.23. The fraction of sp³-hybridized carbons (Fsp3) is 0.667. The van der Waals surface area contributed by atoms with Gasteiger partial charge in [0.25, 0.3) is 0 Å². The molecule has 0 aliphatic carbocycles. The number of nitrogens with zero attached hydrogens (tertiary/aromatic N) is 3. The summed E-state index contributed by atoms with van der Waals surface area (Å²) in [6.45, 7) is 6.50. The first-order valence-corrected chi connectivity index (χ1v) is 5.06. The van der Waals surface area contributed by atoms with Crippen molar-refractivity contribution in [1.29, 1.82) is 0 Å². The third kappa shape index (κ3) is 2.68. The smallest absolute Gasteiger partial charge is 0.330 e. The zero-order chi connectivity index (χ0) is 11.4. The second-order valence-corrected chi connectivity index (χ2v) is 3.43. The summed E-state index contributed by atoms with van der Waals surface area (Å²) in [5.41, 5.74) is 0.0390. The summed E-state index contributed by atoms with van der Waals surface area (Å²) in [4.78, 5) is 10.3. The molecule has 6 heteroatoms. The summed E-state index contributed by atoms with van der Waals surface area (Å²) in [5.74, 6) is 0.358. The minimum Gasteiger partial charge on any atom is -0.360 e. The molecule has 0 aromatic carbocycles. The molecule has 0 radical (unpaired) electrons. The van der Waals surface area contributed by atoms with Gasteiger partial charge in [-0.3, -0.25) is 14.8 Å². The van der Waals surface area contributed by atoms with Gasteiger partial charge >= 0.3 is 5.69 Å². The number of nitrogens with one attached hydrogen (secondary N) is 1. The average molecular weight is 212 g/mol. The molecule has 0 saturated carbocycles. The van der Waals surface area contributed by atoms with Crippen molar-refractivity contribution >= 4 is 11.5 Å². The van der Waals surface area contributed by atoms with E-state index in [1.165, 1.54) is 6.20 Å². The molecular weight excluding hydrogens is 196 g/mol. The van der Waals surface area contributed by atoms with E-state index in [-0.39, 0.29) is 11.7 Å². The van der Waals surface area contributed by atoms with Crippen LogP contribution in [0.2, 0.25) is 0 Å². The first kappa shape index (κ1) is 11.5. The van der Waals surface area contributed by atoms with Gasteiger partial charge in [0.15, 0.2) is 0 Å². The Labute approximate surface area is 88.4 Å². The normalized spacial score (nSPS) is 12.5. The monoisotopic (exact) mass is 212 g/mol. The lowest BCUT2D eigenvalue weighted by molar-refractivity contribution is -0.384. The minimum atomic E-state index is -0.413. The predicted octanol–water partition coefficient (Wildman–Crippen LogP) is 2.02. The molecule has 0 fully saturated rings. The van der Waals surface area contributed by atoms with Crippen LogP contribution in [0, 0.1) is 10.1 Å². The fourth-order valence-corrected chi connectivity index (χ4v) is 1.14. The van der Waals surface area contributed by atoms with E-state index in [1.54, 1.807) is 4.68 Å². The Kier molecular flexibility index (Phi) is 3.65. The lowest BCUT2D eigenvalue weighted by Gasteiger charge is -2.08. The van der Waals surface area contributed by atoms with E-state index < -0.39 is 4.92 Å². The van der Waals surface area contributed by atoms with Crippen molar-refractivity contribution in [3.63, 3.8) is 0 Å². The molecule has 0 bridgehead atoms. The van der Waals surface area contributed by atoms with Crippen LogP contribution in [0.25, 0.3) is 0 Å². The fourth-order valence-electron chi connectivity index (χ4n) is 1.14. The predicted molar refractivity (Wildman–Crippen MR) is 57.9 cm³/mol. The summed E-state index contributed by atoms with van der Waals surface area (Å²) in [6, 6.07) is 0.184. The van der Waals surface area contributed by atoms with Gasteiger partial charge in [-0.1, -0.05) is 6.92 Å². The van der Waals surface area contributed by atoms with Crippen molar-refractivity contribution in [2.24, 2.45) is 0 Å². The van der Waals surface area contributed by atoms with Gasteiger partial charge in [0, 0.05) is 12.6 Å². The number of rotatable bonds is 5. The van der Waals surface area contributed by atoms with Crippen LogP contribution in [-0.4, -0.2) is 20.7 Å². The van der Waals surface area contributed by atoms with E-state index >= 15 is 0 Å². The van der Waals surface area contributed by atoms with Gasteiger partial charge < -0.3 is 5.32 Å². The summed E-state index contributed by atoms with van der Waals surface area (Å²) in [6.07, 6.45) is 2.35. The number of aryl methyl sites for hydroxylation is 1. The van der Waals surface area contributed by atoms with Gasteiger partial charge in [-0.15, -0.1) is 5.10 Å². The quantitative estimate of drug-likeness (QED) is 0.598. The molecule has 1 heterocycles. The summed E-state index contributed by atoms with van der Waals surface area (Å²) < 4.78 is 1.56. The molecule has 1 aromatic rings. The molecule has 0 saturated heterocycles. The van der Waals surface area contributed by atoms with Crippen LogP contribution in [-0.2, 0) is 6.54 Å². The second kappa shape index (κ2) is 4.77. The van der Waals surface area contributed by atoms with Crippen molar-refractivity contribution < 1.29 is 4.92 Å². The first-order valence-electron chi connectivity index (χ1n) is 5.06. The second-order valence-electron chi connectivity index (χ2n) is 3.43. The van der Waals surface area contributed by atoms with Crippen LogP contribution >= 0.6 is 0 Å². The third-order valence-corrected chi connectivity index (χ3v) is 2.26. The van der Waals surface area contributed by atoms with Crippen LogP contribution in [0.15, 0.2) is 6.20 Å². The number of anilines is 1. The van der Waals surface area contributed by atoms with Crippen LogP contribution < -0.4 is 5.32 Å². The largest absolute Gasteiger partial charge is 0.360 e. The van der Waals surface area contributed by atoms with Crippen LogP contribution in [0.3, 0.4) is 0 Å². The van der Waals surface area contributed by atoms with Gasteiger partial charge in [0.2, 0.25) is 5.82 Å². The molecule has 84 valence electrons. The van der Waals surface area contributed by atoms with Crippen molar-refractivity contribution in [1.82, 2.24) is 9.78 Å². The molecule has 1 aromatic heterocycles. The number of hydrogen-bond donors (Lipinski definition) is 1. The molecule has 0 spiro atoms. The molecule has 1 atom stereocenters. The van der Waals surface area contributed by atoms with E-state index in [2.05, 4.69) is 10.4 Å². The highest BCUT2D eigenvalue weighted by atomic mass is 16.6. The Morgan fingerprint density at radius 1 is 1.67 bits per heavy atom. The van der Waals surface area contributed by atoms with Crippen LogP contribution in [0.5, 0.6) is 0 Å². The van der Waals surface area contributed by atoms with Gasteiger partial charge in [0.1, 0.15) is 6.20 Å². The zero-order valence-electron chi connectivity index (χ0n) is 9.23. The molecule has 0 amide bonds. The van der Waals surface area contributed by atoms with E-state index in [0.717, 1.165) is 6.42 Å². The molecule has 0 aliphatic heterocycles. The number of nitro groups is 1. The molecular formula is C9H16N4O2. The molecule has 0 unspecified atom stereocenters. The number of hydrogen-bond acceptors (Lipinski definition) is 4. The van der Waals surface area contributed by atoms with Gasteiger partial charge in [-0.25, -0.2) is 0 Å². The standard InChI is InChI=1S/C9H16N4O2/c1-4-7(3)10-9-8(13(14)15)6-12(5-2)11-9/h6-7H,4-5H2,1-3H3,(H,10,11)/t7-/m1/s1. The topological polar surface area (TPSA) is 73.0 Å². The Morgan fingerprint density at radius 3 is 2.80 bits per heavy atom. The molecule has 6 nitrogen and oxygen atoms in total. The molecule has 0 aliphatic rings. The van der Waals surface area contributed by atoms with Crippen molar-refractivity contribution in [3.05, 3.63) is 16.3 Å². The van der Waals surface area contributed by atoms with Crippen molar-refractivity contribution in [2.75, 3.05) is 5.32 Å². The lowest BCUT2D eigenvalue weighted by Crippen LogP contribution is -2.14. The highest BCUT2D eigenvalue weighted by Crippen LogP contribution is 2.22. The average Bonchev–Trinajstić information content (AvgIpc) is 2.61. The molecule has 1 N–H and O–H groups in total. The summed E-state index contributed by atoms with van der Waals surface area (Å²) >= 11 is 0. The molecule has 15 heavy (non-hydrogen) atoms. The highest BCUT2D eigenvalue weighted by molar-refractivity contribution is 5.54. The summed E-state index contributed by atoms with van der Waals surface area (Å²) in [7, 11) is 0. The molecule has 1 rings (SSSR count). The Morgan fingerprint density at radius 2 is 2.33 bits per heavy atom. The van der Waals surface area contributed by atoms with Crippen LogP contribution in [0.1, 0.15) is 27.2 Å². The van der Waals surface area contributed by atoms with E-state index in [9.17, 15) is 10.1 Å². The Bertz CT molecular complexity index is 348. The van der Waals surface area contributed by atoms with E-state index in [0.29, 0.717) is 12.4 Å². The van der Waals surface area contributed by atoms with Gasteiger partial charge in [-0.2, -0.15) is 0 Å². The van der Waals surface area contributed by atoms with Gasteiger partial charge in [-0.05, 0) is 20.3 Å². The van der Waals surface area contributed by atoms with E-state index in [4.69, 9.17) is 0 Å². The maximum absolute atomic E-state index is 10.7. The van der Waals surface area contributed by atoms with Crippen molar-refractivity contribution in [2.45, 2.75) is 39.8 Å². The minimum absolute atomic E-state index is 0.0390. The number of aromatic nitrogens is 2. The SMILES string of the molecule is CC[C@@H](C)Nc1nn(CC)cc1[N+](=O)[O-]. The lowest BCUT2D eigenvalue weighted by atomic mass is 10.2. The van der Waals surface area contributed by atoms with Gasteiger partial charge in [0.05, 0.1) is 4.92 Å². The first-order chi connectivity index (χ1) is 7.08. The Hall–Kier alpha value is -1.59. The van der Waals surface area contributed by atoms with E-state index in [1.807, 2.05) is 20.8 Å². The highest BCUT2D eigenvalue weighted by Gasteiger charge is 2.19. The Balaban J connectivity index is 2.93. The van der Waals surface area contributed by atoms with Crippen LogP contribution in [0.4, 0.5) is 11.5 Å².